The first-order chi connectivity index (χ1) is 12.2. The Hall–Kier alpha value is -2.18. The highest BCUT2D eigenvalue weighted by Gasteiger charge is 2.22. The summed E-state index contributed by atoms with van der Waals surface area (Å²) in [6, 6.07) is 13.8. The zero-order chi connectivity index (χ0) is 19.2. The summed E-state index contributed by atoms with van der Waals surface area (Å²) in [5.41, 5.74) is 0.781. The first-order valence-corrected chi connectivity index (χ1v) is 9.62. The van der Waals surface area contributed by atoms with Gasteiger partial charge >= 0.3 is 0 Å². The van der Waals surface area contributed by atoms with Crippen molar-refractivity contribution in [1.82, 2.24) is 10.6 Å². The van der Waals surface area contributed by atoms with Crippen molar-refractivity contribution in [3.63, 3.8) is 0 Å². The molecule has 0 aliphatic heterocycles. The Morgan fingerprint density at radius 2 is 1.69 bits per heavy atom. The van der Waals surface area contributed by atoms with Crippen LogP contribution in [0.1, 0.15) is 37.3 Å². The van der Waals surface area contributed by atoms with Gasteiger partial charge in [-0.15, -0.1) is 11.3 Å². The maximum absolute atomic E-state index is 12.5. The molecular formula is C20H28N3O2S+. The van der Waals surface area contributed by atoms with Gasteiger partial charge in [0.2, 0.25) is 0 Å². The van der Waals surface area contributed by atoms with E-state index in [1.165, 1.54) is 0 Å². The van der Waals surface area contributed by atoms with Crippen LogP contribution in [-0.2, 0) is 9.59 Å². The van der Waals surface area contributed by atoms with E-state index in [9.17, 15) is 9.59 Å². The number of benzene rings is 1. The lowest BCUT2D eigenvalue weighted by Crippen LogP contribution is -3.11. The zero-order valence-electron chi connectivity index (χ0n) is 15.8. The van der Waals surface area contributed by atoms with Crippen molar-refractivity contribution >= 4 is 23.2 Å². The number of nitrogens with one attached hydrogen (secondary N) is 3. The Labute approximate surface area is 159 Å². The zero-order valence-corrected chi connectivity index (χ0v) is 16.7. The van der Waals surface area contributed by atoms with Crippen molar-refractivity contribution in [2.24, 2.45) is 0 Å². The number of rotatable bonds is 7. The molecule has 0 aliphatic rings. The van der Waals surface area contributed by atoms with Crippen LogP contribution >= 0.6 is 11.3 Å². The van der Waals surface area contributed by atoms with Gasteiger partial charge in [-0.2, -0.15) is 0 Å². The summed E-state index contributed by atoms with van der Waals surface area (Å²) in [7, 11) is 1.85. The van der Waals surface area contributed by atoms with E-state index in [0.717, 1.165) is 15.3 Å². The van der Waals surface area contributed by atoms with Crippen LogP contribution in [0.25, 0.3) is 0 Å². The lowest BCUT2D eigenvalue weighted by Gasteiger charge is -2.22. The molecular weight excluding hydrogens is 346 g/mol. The van der Waals surface area contributed by atoms with Crippen LogP contribution in [-0.4, -0.2) is 37.5 Å². The molecule has 1 aromatic heterocycles. The lowest BCUT2D eigenvalue weighted by atomic mass is 10.1. The van der Waals surface area contributed by atoms with Gasteiger partial charge in [-0.05, 0) is 37.8 Å². The van der Waals surface area contributed by atoms with Crippen molar-refractivity contribution < 1.29 is 14.5 Å². The van der Waals surface area contributed by atoms with Crippen LogP contribution in [0.2, 0.25) is 0 Å². The monoisotopic (exact) mass is 374 g/mol. The molecule has 2 amide bonds. The molecule has 26 heavy (non-hydrogen) atoms. The van der Waals surface area contributed by atoms with E-state index in [-0.39, 0.29) is 36.5 Å². The quantitative estimate of drug-likeness (QED) is 0.686. The SMILES string of the molecule is C[NH+](CC(=O)N[C@@H](c1ccccc1)c1cccs1)CC(=O)NC(C)(C)C. The van der Waals surface area contributed by atoms with Crippen LogP contribution < -0.4 is 15.5 Å². The van der Waals surface area contributed by atoms with Gasteiger partial charge in [0.15, 0.2) is 13.1 Å². The van der Waals surface area contributed by atoms with E-state index in [1.54, 1.807) is 11.3 Å². The summed E-state index contributed by atoms with van der Waals surface area (Å²) in [5.74, 6) is -0.131. The second kappa shape index (κ2) is 8.96. The number of likely N-dealkylation sites (N-methyl/N-ethyl adjacent to an activating group) is 1. The minimum absolute atomic E-state index is 0.0549. The minimum atomic E-state index is -0.267. The van der Waals surface area contributed by atoms with Gasteiger partial charge in [-0.1, -0.05) is 36.4 Å². The molecule has 6 heteroatoms. The van der Waals surface area contributed by atoms with E-state index < -0.39 is 0 Å². The Morgan fingerprint density at radius 3 is 2.27 bits per heavy atom. The Kier molecular flexibility index (Phi) is 6.94. The van der Waals surface area contributed by atoms with E-state index in [1.807, 2.05) is 75.7 Å². The predicted molar refractivity (Wildman–Crippen MR) is 105 cm³/mol. The van der Waals surface area contributed by atoms with Crippen LogP contribution in [0.15, 0.2) is 47.8 Å². The normalized spacial score (nSPS) is 13.7. The summed E-state index contributed by atoms with van der Waals surface area (Å²) in [4.78, 5) is 26.5. The molecule has 0 bridgehead atoms. The fraction of sp³-hybridized carbons (Fsp3) is 0.400. The standard InChI is InChI=1S/C20H27N3O2S/c1-20(2,3)22-18(25)14-23(4)13-17(24)21-19(16-11-8-12-26-16)15-9-6-5-7-10-15/h5-12,19H,13-14H2,1-4H3,(H,21,24)(H,22,25)/p+1/t19-/m0/s1. The molecule has 1 heterocycles. The molecule has 3 N–H and O–H groups in total. The fourth-order valence-corrected chi connectivity index (χ4v) is 3.51. The maximum atomic E-state index is 12.5. The van der Waals surface area contributed by atoms with Gasteiger partial charge in [0.05, 0.1) is 13.1 Å². The molecule has 0 fully saturated rings. The second-order valence-electron chi connectivity index (χ2n) is 7.54. The highest BCUT2D eigenvalue weighted by molar-refractivity contribution is 7.10. The van der Waals surface area contributed by atoms with Gasteiger partial charge in [0.25, 0.3) is 11.8 Å². The third-order valence-corrected chi connectivity index (χ3v) is 4.64. The highest BCUT2D eigenvalue weighted by atomic mass is 32.1. The van der Waals surface area contributed by atoms with Crippen LogP contribution in [0.5, 0.6) is 0 Å². The number of carbonyl (C=O) groups is 2. The summed E-state index contributed by atoms with van der Waals surface area (Å²) in [6.07, 6.45) is 0. The highest BCUT2D eigenvalue weighted by Crippen LogP contribution is 2.25. The van der Waals surface area contributed by atoms with Crippen molar-refractivity contribution in [2.45, 2.75) is 32.4 Å². The average molecular weight is 375 g/mol. The minimum Gasteiger partial charge on any atom is -0.347 e. The molecule has 1 aromatic carbocycles. The van der Waals surface area contributed by atoms with Crippen molar-refractivity contribution in [3.05, 3.63) is 58.3 Å². The van der Waals surface area contributed by atoms with Gasteiger partial charge in [0.1, 0.15) is 0 Å². The largest absolute Gasteiger partial charge is 0.347 e. The van der Waals surface area contributed by atoms with Gasteiger partial charge in [-0.25, -0.2) is 0 Å². The molecule has 2 atom stereocenters. The Bertz CT molecular complexity index is 708. The summed E-state index contributed by atoms with van der Waals surface area (Å²) in [5, 5.41) is 8.04. The van der Waals surface area contributed by atoms with Crippen LogP contribution in [0, 0.1) is 0 Å². The topological polar surface area (TPSA) is 62.6 Å². The van der Waals surface area contributed by atoms with E-state index in [2.05, 4.69) is 10.6 Å². The molecule has 0 saturated carbocycles. The number of hydrogen-bond donors (Lipinski definition) is 3. The molecule has 5 nitrogen and oxygen atoms in total. The smallest absolute Gasteiger partial charge is 0.275 e. The third-order valence-electron chi connectivity index (χ3n) is 3.71. The first-order valence-electron chi connectivity index (χ1n) is 8.74. The number of thiophene rings is 1. The number of amides is 2. The lowest BCUT2D eigenvalue weighted by molar-refractivity contribution is -0.862. The van der Waals surface area contributed by atoms with Crippen LogP contribution in [0.4, 0.5) is 0 Å². The maximum Gasteiger partial charge on any atom is 0.275 e. The Balaban J connectivity index is 1.96. The number of hydrogen-bond acceptors (Lipinski definition) is 3. The number of carbonyl (C=O) groups excluding carboxylic acids is 2. The van der Waals surface area contributed by atoms with Crippen molar-refractivity contribution in [3.8, 4) is 0 Å². The average Bonchev–Trinajstić information content (AvgIpc) is 3.05. The summed E-state index contributed by atoms with van der Waals surface area (Å²) in [6.45, 7) is 6.33. The third kappa shape index (κ3) is 6.61. The van der Waals surface area contributed by atoms with E-state index in [0.29, 0.717) is 0 Å². The van der Waals surface area contributed by atoms with Gasteiger partial charge in [0, 0.05) is 10.4 Å². The van der Waals surface area contributed by atoms with Crippen molar-refractivity contribution in [1.29, 1.82) is 0 Å². The first kappa shape index (κ1) is 20.1. The molecule has 0 spiro atoms. The fourth-order valence-electron chi connectivity index (χ4n) is 2.70. The summed E-state index contributed by atoms with van der Waals surface area (Å²) < 4.78 is 0. The van der Waals surface area contributed by atoms with E-state index >= 15 is 0 Å². The molecule has 0 saturated heterocycles. The van der Waals surface area contributed by atoms with E-state index in [4.69, 9.17) is 0 Å². The van der Waals surface area contributed by atoms with Gasteiger partial charge < -0.3 is 15.5 Å². The molecule has 0 radical (unpaired) electrons. The molecule has 2 aromatic rings. The molecule has 2 rings (SSSR count). The molecule has 0 aliphatic carbocycles. The van der Waals surface area contributed by atoms with Crippen molar-refractivity contribution in [2.75, 3.05) is 20.1 Å². The van der Waals surface area contributed by atoms with Crippen LogP contribution in [0.3, 0.4) is 0 Å². The Morgan fingerprint density at radius 1 is 1.04 bits per heavy atom. The number of quaternary nitrogens is 1. The van der Waals surface area contributed by atoms with Gasteiger partial charge in [-0.3, -0.25) is 9.59 Å². The second-order valence-corrected chi connectivity index (χ2v) is 8.51. The summed E-state index contributed by atoms with van der Waals surface area (Å²) >= 11 is 1.62. The molecule has 1 unspecified atom stereocenters. The molecule has 140 valence electrons. The predicted octanol–water partition coefficient (Wildman–Crippen LogP) is 1.38.